The molecule has 1 amide bonds. The highest BCUT2D eigenvalue weighted by atomic mass is 16.1. The molecule has 0 fully saturated rings. The maximum absolute atomic E-state index is 10.4. The maximum atomic E-state index is 10.4. The minimum atomic E-state index is -0.464. The van der Waals surface area contributed by atoms with E-state index in [0.29, 0.717) is 6.42 Å². The fraction of sp³-hybridized carbons (Fsp3) is 0.182. The highest BCUT2D eigenvalue weighted by Crippen LogP contribution is 2.02. The van der Waals surface area contributed by atoms with E-state index in [1.165, 1.54) is 6.08 Å². The third-order valence-corrected chi connectivity index (χ3v) is 1.82. The van der Waals surface area contributed by atoms with Crippen molar-refractivity contribution in [3.05, 3.63) is 48.0 Å². The molecular formula is C11H14N2O. The Kier molecular flexibility index (Phi) is 3.88. The second-order valence-electron chi connectivity index (χ2n) is 3.12. The van der Waals surface area contributed by atoms with E-state index in [4.69, 9.17) is 11.5 Å². The Bertz CT molecular complexity index is 319. The van der Waals surface area contributed by atoms with Crippen LogP contribution in [0.1, 0.15) is 5.56 Å². The number of rotatable bonds is 4. The molecule has 0 spiro atoms. The lowest BCUT2D eigenvalue weighted by Gasteiger charge is -2.05. The minimum absolute atomic E-state index is 0.162. The summed E-state index contributed by atoms with van der Waals surface area (Å²) >= 11 is 0. The molecule has 1 aromatic rings. The van der Waals surface area contributed by atoms with Crippen molar-refractivity contribution in [2.24, 2.45) is 11.5 Å². The van der Waals surface area contributed by atoms with Crippen LogP contribution in [0.3, 0.4) is 0 Å². The van der Waals surface area contributed by atoms with Crippen molar-refractivity contribution in [2.45, 2.75) is 12.5 Å². The number of carbonyl (C=O) groups is 1. The van der Waals surface area contributed by atoms with Crippen molar-refractivity contribution in [3.8, 4) is 0 Å². The van der Waals surface area contributed by atoms with Crippen molar-refractivity contribution in [1.82, 2.24) is 0 Å². The first-order chi connectivity index (χ1) is 6.68. The Balaban J connectivity index is 2.49. The van der Waals surface area contributed by atoms with Gasteiger partial charge in [0.25, 0.3) is 0 Å². The van der Waals surface area contributed by atoms with E-state index in [1.807, 2.05) is 30.3 Å². The first-order valence-corrected chi connectivity index (χ1v) is 4.45. The normalized spacial score (nSPS) is 12.9. The van der Waals surface area contributed by atoms with Gasteiger partial charge in [-0.1, -0.05) is 36.4 Å². The minimum Gasteiger partial charge on any atom is -0.366 e. The van der Waals surface area contributed by atoms with Crippen LogP contribution in [0.5, 0.6) is 0 Å². The molecule has 0 saturated carbocycles. The van der Waals surface area contributed by atoms with Crippen LogP contribution in [0.15, 0.2) is 42.5 Å². The van der Waals surface area contributed by atoms with E-state index in [0.717, 1.165) is 5.56 Å². The molecule has 4 N–H and O–H groups in total. The lowest BCUT2D eigenvalue weighted by molar-refractivity contribution is -0.113. The highest BCUT2D eigenvalue weighted by molar-refractivity contribution is 5.85. The Morgan fingerprint density at radius 2 is 2.00 bits per heavy atom. The second-order valence-corrected chi connectivity index (χ2v) is 3.12. The number of benzene rings is 1. The topological polar surface area (TPSA) is 69.1 Å². The smallest absolute Gasteiger partial charge is 0.241 e. The van der Waals surface area contributed by atoms with Crippen molar-refractivity contribution in [3.63, 3.8) is 0 Å². The van der Waals surface area contributed by atoms with Gasteiger partial charge in [-0.3, -0.25) is 4.79 Å². The molecular weight excluding hydrogens is 176 g/mol. The lowest BCUT2D eigenvalue weighted by atomic mass is 10.1. The summed E-state index contributed by atoms with van der Waals surface area (Å²) in [5.74, 6) is -0.464. The van der Waals surface area contributed by atoms with Crippen LogP contribution >= 0.6 is 0 Å². The molecule has 1 rings (SSSR count). The quantitative estimate of drug-likeness (QED) is 0.682. The van der Waals surface area contributed by atoms with Crippen molar-refractivity contribution in [2.75, 3.05) is 0 Å². The van der Waals surface area contributed by atoms with E-state index in [1.54, 1.807) is 6.08 Å². The summed E-state index contributed by atoms with van der Waals surface area (Å²) in [4.78, 5) is 10.4. The van der Waals surface area contributed by atoms with E-state index in [-0.39, 0.29) is 6.04 Å². The highest BCUT2D eigenvalue weighted by Gasteiger charge is 1.99. The summed E-state index contributed by atoms with van der Waals surface area (Å²) < 4.78 is 0. The number of hydrogen-bond acceptors (Lipinski definition) is 2. The van der Waals surface area contributed by atoms with E-state index >= 15 is 0 Å². The first kappa shape index (κ1) is 10.5. The van der Waals surface area contributed by atoms with Gasteiger partial charge in [-0.25, -0.2) is 0 Å². The van der Waals surface area contributed by atoms with Gasteiger partial charge in [-0.15, -0.1) is 0 Å². The van der Waals surface area contributed by atoms with Gasteiger partial charge in [0.2, 0.25) is 5.91 Å². The summed E-state index contributed by atoms with van der Waals surface area (Å²) in [6.45, 7) is 0. The fourth-order valence-electron chi connectivity index (χ4n) is 1.17. The number of carbonyl (C=O) groups excluding carboxylic acids is 1. The summed E-state index contributed by atoms with van der Waals surface area (Å²) in [6.07, 6.45) is 3.63. The zero-order chi connectivity index (χ0) is 10.4. The van der Waals surface area contributed by atoms with Gasteiger partial charge in [-0.05, 0) is 12.0 Å². The van der Waals surface area contributed by atoms with Gasteiger partial charge >= 0.3 is 0 Å². The predicted octanol–water partition coefficient (Wildman–Crippen LogP) is 0.598. The molecule has 74 valence electrons. The molecule has 0 aliphatic carbocycles. The van der Waals surface area contributed by atoms with E-state index in [2.05, 4.69) is 0 Å². The lowest BCUT2D eigenvalue weighted by Crippen LogP contribution is -2.21. The molecule has 0 heterocycles. The Hall–Kier alpha value is -1.61. The van der Waals surface area contributed by atoms with Gasteiger partial charge in [0.15, 0.2) is 0 Å². The average Bonchev–Trinajstić information content (AvgIpc) is 2.16. The molecule has 1 atom stereocenters. The third-order valence-electron chi connectivity index (χ3n) is 1.82. The summed E-state index contributed by atoms with van der Waals surface area (Å²) in [6, 6.07) is 9.70. The van der Waals surface area contributed by atoms with Gasteiger partial charge in [0.1, 0.15) is 0 Å². The Morgan fingerprint density at radius 1 is 1.36 bits per heavy atom. The first-order valence-electron chi connectivity index (χ1n) is 4.45. The summed E-state index contributed by atoms with van der Waals surface area (Å²) in [5, 5.41) is 0. The monoisotopic (exact) mass is 190 g/mol. The largest absolute Gasteiger partial charge is 0.366 e. The molecule has 1 unspecified atom stereocenters. The molecule has 0 saturated heterocycles. The fourth-order valence-corrected chi connectivity index (χ4v) is 1.17. The second kappa shape index (κ2) is 5.19. The van der Waals surface area contributed by atoms with Crippen LogP contribution in [-0.4, -0.2) is 11.9 Å². The van der Waals surface area contributed by atoms with Gasteiger partial charge in [-0.2, -0.15) is 0 Å². The molecule has 0 bridgehead atoms. The van der Waals surface area contributed by atoms with Crippen LogP contribution in [0.4, 0.5) is 0 Å². The number of nitrogens with two attached hydrogens (primary N) is 2. The molecule has 0 aromatic heterocycles. The average molecular weight is 190 g/mol. The number of hydrogen-bond donors (Lipinski definition) is 2. The molecule has 3 heteroatoms. The van der Waals surface area contributed by atoms with E-state index in [9.17, 15) is 4.79 Å². The molecule has 1 aromatic carbocycles. The zero-order valence-electron chi connectivity index (χ0n) is 7.89. The van der Waals surface area contributed by atoms with Gasteiger partial charge < -0.3 is 11.5 Å². The third kappa shape index (κ3) is 3.87. The predicted molar refractivity (Wildman–Crippen MR) is 56.5 cm³/mol. The molecule has 3 nitrogen and oxygen atoms in total. The molecule has 14 heavy (non-hydrogen) atoms. The van der Waals surface area contributed by atoms with Crippen molar-refractivity contribution >= 4 is 5.91 Å². The van der Waals surface area contributed by atoms with Crippen LogP contribution in [0, 0.1) is 0 Å². The SMILES string of the molecule is NC(=O)C=CC(N)Cc1ccccc1. The van der Waals surface area contributed by atoms with Crippen LogP contribution in [-0.2, 0) is 11.2 Å². The van der Waals surface area contributed by atoms with Crippen molar-refractivity contribution in [1.29, 1.82) is 0 Å². The summed E-state index contributed by atoms with van der Waals surface area (Å²) in [5.41, 5.74) is 11.9. The molecule has 0 aliphatic heterocycles. The standard InChI is InChI=1S/C11H14N2O/c12-10(6-7-11(13)14)8-9-4-2-1-3-5-9/h1-7,10H,8,12H2,(H2,13,14). The number of amides is 1. The van der Waals surface area contributed by atoms with Crippen molar-refractivity contribution < 1.29 is 4.79 Å². The summed E-state index contributed by atoms with van der Waals surface area (Å²) in [7, 11) is 0. The maximum Gasteiger partial charge on any atom is 0.241 e. The zero-order valence-corrected chi connectivity index (χ0v) is 7.89. The Morgan fingerprint density at radius 3 is 2.57 bits per heavy atom. The number of primary amides is 1. The molecule has 0 radical (unpaired) electrons. The van der Waals surface area contributed by atoms with Crippen LogP contribution in [0.2, 0.25) is 0 Å². The van der Waals surface area contributed by atoms with E-state index < -0.39 is 5.91 Å². The van der Waals surface area contributed by atoms with Crippen LogP contribution in [0.25, 0.3) is 0 Å². The Labute approximate surface area is 83.4 Å². The molecule has 0 aliphatic rings. The van der Waals surface area contributed by atoms with Crippen LogP contribution < -0.4 is 11.5 Å². The van der Waals surface area contributed by atoms with Gasteiger partial charge in [0, 0.05) is 12.1 Å². The van der Waals surface area contributed by atoms with Gasteiger partial charge in [0.05, 0.1) is 0 Å².